The minimum Gasteiger partial charge on any atom is -0.491 e. The first-order chi connectivity index (χ1) is 8.01. The van der Waals surface area contributed by atoms with Crippen LogP contribution in [0, 0.1) is 0 Å². The molecule has 0 aliphatic carbocycles. The fraction of sp³-hybridized carbons (Fsp3) is 0.417. The first-order valence-electron chi connectivity index (χ1n) is 5.23. The SMILES string of the molecule is CC(O)(CO)C(=O)c1ccc(OCCO)cc1. The first kappa shape index (κ1) is 13.6. The Morgan fingerprint density at radius 2 is 1.88 bits per heavy atom. The maximum Gasteiger partial charge on any atom is 0.196 e. The lowest BCUT2D eigenvalue weighted by Crippen LogP contribution is -2.38. The van der Waals surface area contributed by atoms with E-state index in [1.54, 1.807) is 12.1 Å². The van der Waals surface area contributed by atoms with Gasteiger partial charge in [-0.05, 0) is 31.2 Å². The number of ether oxygens (including phenoxy) is 1. The number of hydrogen-bond acceptors (Lipinski definition) is 5. The smallest absolute Gasteiger partial charge is 0.196 e. The molecule has 0 bridgehead atoms. The number of carbonyl (C=O) groups excluding carboxylic acids is 1. The van der Waals surface area contributed by atoms with E-state index < -0.39 is 18.0 Å². The number of aliphatic hydroxyl groups is 3. The second-order valence-electron chi connectivity index (χ2n) is 3.86. The monoisotopic (exact) mass is 240 g/mol. The molecule has 0 aliphatic heterocycles. The maximum atomic E-state index is 11.7. The van der Waals surface area contributed by atoms with Crippen LogP contribution in [0.4, 0.5) is 0 Å². The maximum absolute atomic E-state index is 11.7. The van der Waals surface area contributed by atoms with E-state index in [2.05, 4.69) is 0 Å². The molecule has 0 fully saturated rings. The Hall–Kier alpha value is -1.43. The lowest BCUT2D eigenvalue weighted by atomic mass is 9.96. The predicted octanol–water partition coefficient (Wildman–Crippen LogP) is -0.0163. The van der Waals surface area contributed by atoms with E-state index in [9.17, 15) is 9.90 Å². The van der Waals surface area contributed by atoms with Gasteiger partial charge >= 0.3 is 0 Å². The van der Waals surface area contributed by atoms with Gasteiger partial charge in [-0.3, -0.25) is 4.79 Å². The highest BCUT2D eigenvalue weighted by Gasteiger charge is 2.30. The molecule has 3 N–H and O–H groups in total. The minimum atomic E-state index is -1.77. The molecule has 0 spiro atoms. The summed E-state index contributed by atoms with van der Waals surface area (Å²) >= 11 is 0. The standard InChI is InChI=1S/C12H16O5/c1-12(16,8-14)11(15)9-2-4-10(5-3-9)17-7-6-13/h2-5,13-14,16H,6-8H2,1H3. The molecular weight excluding hydrogens is 224 g/mol. The largest absolute Gasteiger partial charge is 0.491 e. The van der Waals surface area contributed by atoms with Crippen LogP contribution in [0.3, 0.4) is 0 Å². The fourth-order valence-electron chi connectivity index (χ4n) is 1.25. The molecule has 1 atom stereocenters. The molecule has 1 aromatic carbocycles. The van der Waals surface area contributed by atoms with E-state index in [1.165, 1.54) is 19.1 Å². The minimum absolute atomic E-state index is 0.0834. The van der Waals surface area contributed by atoms with Crippen LogP contribution in [-0.2, 0) is 0 Å². The number of Topliss-reactive ketones (excluding diaryl/α,β-unsaturated/α-hetero) is 1. The molecule has 1 rings (SSSR count). The zero-order valence-corrected chi connectivity index (χ0v) is 9.59. The zero-order valence-electron chi connectivity index (χ0n) is 9.59. The van der Waals surface area contributed by atoms with Gasteiger partial charge in [0.1, 0.15) is 18.0 Å². The molecule has 1 unspecified atom stereocenters. The molecule has 0 saturated carbocycles. The summed E-state index contributed by atoms with van der Waals surface area (Å²) in [6.45, 7) is 0.724. The van der Waals surface area contributed by atoms with Crippen molar-refractivity contribution in [2.45, 2.75) is 12.5 Å². The summed E-state index contributed by atoms with van der Waals surface area (Å²) in [5, 5.41) is 27.0. The van der Waals surface area contributed by atoms with Gasteiger partial charge in [0.25, 0.3) is 0 Å². The van der Waals surface area contributed by atoms with E-state index in [4.69, 9.17) is 14.9 Å². The molecule has 1 aromatic rings. The number of ketones is 1. The molecule has 0 saturated heterocycles. The van der Waals surface area contributed by atoms with Crippen molar-refractivity contribution in [3.63, 3.8) is 0 Å². The topological polar surface area (TPSA) is 87.0 Å². The Labute approximate surface area is 99.3 Å². The van der Waals surface area contributed by atoms with Crippen LogP contribution in [-0.4, -0.2) is 46.5 Å². The van der Waals surface area contributed by atoms with Crippen LogP contribution in [0.25, 0.3) is 0 Å². The number of aliphatic hydroxyl groups excluding tert-OH is 2. The Balaban J connectivity index is 2.77. The Bertz CT molecular complexity index is 369. The van der Waals surface area contributed by atoms with E-state index in [-0.39, 0.29) is 13.2 Å². The fourth-order valence-corrected chi connectivity index (χ4v) is 1.25. The molecule has 0 aromatic heterocycles. The highest BCUT2D eigenvalue weighted by molar-refractivity contribution is 6.02. The van der Waals surface area contributed by atoms with Gasteiger partial charge in [0.05, 0.1) is 13.2 Å². The summed E-state index contributed by atoms with van der Waals surface area (Å²) in [6.07, 6.45) is 0. The van der Waals surface area contributed by atoms with Crippen molar-refractivity contribution >= 4 is 5.78 Å². The summed E-state index contributed by atoms with van der Waals surface area (Å²) in [4.78, 5) is 11.7. The van der Waals surface area contributed by atoms with Crippen LogP contribution in [0.5, 0.6) is 5.75 Å². The Kier molecular flexibility index (Phi) is 4.62. The summed E-state index contributed by atoms with van der Waals surface area (Å²) < 4.78 is 5.13. The summed E-state index contributed by atoms with van der Waals surface area (Å²) in [7, 11) is 0. The van der Waals surface area contributed by atoms with Gasteiger partial charge in [-0.1, -0.05) is 0 Å². The third kappa shape index (κ3) is 3.52. The van der Waals surface area contributed by atoms with E-state index in [1.807, 2.05) is 0 Å². The zero-order chi connectivity index (χ0) is 12.9. The van der Waals surface area contributed by atoms with Crippen LogP contribution in [0.15, 0.2) is 24.3 Å². The number of benzene rings is 1. The van der Waals surface area contributed by atoms with Crippen molar-refractivity contribution in [2.75, 3.05) is 19.8 Å². The number of hydrogen-bond donors (Lipinski definition) is 3. The summed E-state index contributed by atoms with van der Waals surface area (Å²) in [5.74, 6) is -0.0204. The third-order valence-corrected chi connectivity index (χ3v) is 2.27. The highest BCUT2D eigenvalue weighted by Crippen LogP contribution is 2.17. The molecule has 0 heterocycles. The molecule has 0 aliphatic rings. The van der Waals surface area contributed by atoms with Crippen LogP contribution in [0.2, 0.25) is 0 Å². The van der Waals surface area contributed by atoms with Gasteiger partial charge in [-0.2, -0.15) is 0 Å². The van der Waals surface area contributed by atoms with Crippen molar-refractivity contribution in [1.29, 1.82) is 0 Å². The molecule has 0 radical (unpaired) electrons. The summed E-state index contributed by atoms with van der Waals surface area (Å²) in [5.41, 5.74) is -1.48. The molecule has 17 heavy (non-hydrogen) atoms. The van der Waals surface area contributed by atoms with E-state index >= 15 is 0 Å². The van der Waals surface area contributed by atoms with Crippen LogP contribution < -0.4 is 4.74 Å². The third-order valence-electron chi connectivity index (χ3n) is 2.27. The molecule has 5 heteroatoms. The van der Waals surface area contributed by atoms with Gasteiger partial charge in [0, 0.05) is 5.56 Å². The molecular formula is C12H16O5. The van der Waals surface area contributed by atoms with Crippen LogP contribution >= 0.6 is 0 Å². The quantitative estimate of drug-likeness (QED) is 0.608. The molecule has 0 amide bonds. The van der Waals surface area contributed by atoms with Gasteiger partial charge in [0.2, 0.25) is 0 Å². The van der Waals surface area contributed by atoms with Gasteiger partial charge in [-0.25, -0.2) is 0 Å². The van der Waals surface area contributed by atoms with Crippen molar-refractivity contribution in [1.82, 2.24) is 0 Å². The number of carbonyl (C=O) groups is 1. The highest BCUT2D eigenvalue weighted by atomic mass is 16.5. The summed E-state index contributed by atoms with van der Waals surface area (Å²) in [6, 6.07) is 6.13. The Morgan fingerprint density at radius 1 is 1.29 bits per heavy atom. The average molecular weight is 240 g/mol. The second kappa shape index (κ2) is 5.77. The van der Waals surface area contributed by atoms with Crippen molar-refractivity contribution in [3.05, 3.63) is 29.8 Å². The van der Waals surface area contributed by atoms with Crippen molar-refractivity contribution in [3.8, 4) is 5.75 Å². The molecule has 94 valence electrons. The van der Waals surface area contributed by atoms with Gasteiger partial charge in [0.15, 0.2) is 5.78 Å². The van der Waals surface area contributed by atoms with E-state index in [0.29, 0.717) is 11.3 Å². The van der Waals surface area contributed by atoms with Gasteiger partial charge < -0.3 is 20.1 Å². The van der Waals surface area contributed by atoms with Crippen LogP contribution in [0.1, 0.15) is 17.3 Å². The second-order valence-corrected chi connectivity index (χ2v) is 3.86. The number of rotatable bonds is 6. The Morgan fingerprint density at radius 3 is 2.35 bits per heavy atom. The first-order valence-corrected chi connectivity index (χ1v) is 5.23. The normalized spacial score (nSPS) is 14.1. The van der Waals surface area contributed by atoms with Gasteiger partial charge in [-0.15, -0.1) is 0 Å². The predicted molar refractivity (Wildman–Crippen MR) is 61.1 cm³/mol. The van der Waals surface area contributed by atoms with Crippen molar-refractivity contribution < 1.29 is 24.9 Å². The van der Waals surface area contributed by atoms with E-state index in [0.717, 1.165) is 0 Å². The van der Waals surface area contributed by atoms with Crippen molar-refractivity contribution in [2.24, 2.45) is 0 Å². The average Bonchev–Trinajstić information content (AvgIpc) is 2.36. The lowest BCUT2D eigenvalue weighted by Gasteiger charge is -2.18. The lowest BCUT2D eigenvalue weighted by molar-refractivity contribution is 0.00991. The molecule has 5 nitrogen and oxygen atoms in total.